The molecule has 74 valence electrons. The van der Waals surface area contributed by atoms with E-state index in [1.165, 1.54) is 0 Å². The molecule has 0 bridgehead atoms. The number of benzene rings is 1. The predicted octanol–water partition coefficient (Wildman–Crippen LogP) is 2.11. The first-order valence-corrected chi connectivity index (χ1v) is 4.77. The zero-order valence-corrected chi connectivity index (χ0v) is 8.48. The van der Waals surface area contributed by atoms with Gasteiger partial charge in [-0.05, 0) is 12.1 Å². The minimum absolute atomic E-state index is 0.178. The fourth-order valence-electron chi connectivity index (χ4n) is 0.885. The number of Topliss-reactive ketones (excluding diaryl/α,β-unsaturated/α-hetero) is 2. The van der Waals surface area contributed by atoms with Gasteiger partial charge in [0, 0.05) is 6.07 Å². The van der Waals surface area contributed by atoms with Crippen molar-refractivity contribution in [3.05, 3.63) is 35.4 Å². The summed E-state index contributed by atoms with van der Waals surface area (Å²) in [6.45, 7) is 0. The Balaban J connectivity index is 3.08. The van der Waals surface area contributed by atoms with Gasteiger partial charge in [0.1, 0.15) is 11.6 Å². The highest BCUT2D eigenvalue weighted by atomic mass is 79.9. The van der Waals surface area contributed by atoms with Crippen LogP contribution in [0.2, 0.25) is 0 Å². The molecule has 5 heteroatoms. The van der Waals surface area contributed by atoms with Gasteiger partial charge in [0.05, 0.1) is 10.9 Å². The van der Waals surface area contributed by atoms with Crippen molar-refractivity contribution in [2.24, 2.45) is 0 Å². The molecule has 0 atom stereocenters. The summed E-state index contributed by atoms with van der Waals surface area (Å²) in [5, 5.41) is -0.178. The standard InChI is InChI=1S/C9H5BrF2O2/c10-4-8(13)9(14)6-2-1-5(11)3-7(6)12/h1-3H,4H2. The Hall–Kier alpha value is -1.10. The van der Waals surface area contributed by atoms with Gasteiger partial charge in [-0.25, -0.2) is 8.78 Å². The smallest absolute Gasteiger partial charge is 0.232 e. The molecule has 0 aliphatic heterocycles. The highest BCUT2D eigenvalue weighted by molar-refractivity contribution is 9.09. The molecule has 0 N–H and O–H groups in total. The Morgan fingerprint density at radius 2 is 1.93 bits per heavy atom. The maximum Gasteiger partial charge on any atom is 0.232 e. The van der Waals surface area contributed by atoms with Crippen molar-refractivity contribution < 1.29 is 18.4 Å². The molecule has 0 aromatic heterocycles. The minimum atomic E-state index is -1.02. The molecule has 1 rings (SSSR count). The van der Waals surface area contributed by atoms with Crippen LogP contribution in [0.1, 0.15) is 10.4 Å². The molecular weight excluding hydrogens is 258 g/mol. The molecule has 14 heavy (non-hydrogen) atoms. The molecule has 0 fully saturated rings. The number of carbonyl (C=O) groups is 2. The molecule has 0 amide bonds. The number of hydrogen-bond acceptors (Lipinski definition) is 2. The van der Waals surface area contributed by atoms with E-state index in [1.54, 1.807) is 0 Å². The summed E-state index contributed by atoms with van der Waals surface area (Å²) in [6, 6.07) is 2.44. The zero-order valence-electron chi connectivity index (χ0n) is 6.89. The Morgan fingerprint density at radius 3 is 2.43 bits per heavy atom. The lowest BCUT2D eigenvalue weighted by Crippen LogP contribution is -2.16. The number of carbonyl (C=O) groups excluding carboxylic acids is 2. The van der Waals surface area contributed by atoms with E-state index in [-0.39, 0.29) is 5.33 Å². The number of alkyl halides is 1. The molecule has 0 saturated carbocycles. The van der Waals surface area contributed by atoms with E-state index in [4.69, 9.17) is 0 Å². The maximum absolute atomic E-state index is 13.0. The van der Waals surface area contributed by atoms with Crippen molar-refractivity contribution in [3.63, 3.8) is 0 Å². The molecule has 0 unspecified atom stereocenters. The largest absolute Gasteiger partial charge is 0.290 e. The second-order valence-corrected chi connectivity index (χ2v) is 3.07. The Labute approximate surface area is 87.0 Å². The van der Waals surface area contributed by atoms with Gasteiger partial charge >= 0.3 is 0 Å². The van der Waals surface area contributed by atoms with E-state index in [0.29, 0.717) is 6.07 Å². The van der Waals surface area contributed by atoms with Crippen molar-refractivity contribution >= 4 is 27.5 Å². The predicted molar refractivity (Wildman–Crippen MR) is 49.5 cm³/mol. The first-order valence-electron chi connectivity index (χ1n) is 3.65. The van der Waals surface area contributed by atoms with E-state index < -0.39 is 28.8 Å². The van der Waals surface area contributed by atoms with Gasteiger partial charge in [-0.2, -0.15) is 0 Å². The van der Waals surface area contributed by atoms with Gasteiger partial charge in [0.2, 0.25) is 11.6 Å². The first kappa shape index (κ1) is 11.0. The van der Waals surface area contributed by atoms with Crippen LogP contribution in [0.15, 0.2) is 18.2 Å². The highest BCUT2D eigenvalue weighted by Gasteiger charge is 2.18. The van der Waals surface area contributed by atoms with Crippen LogP contribution >= 0.6 is 15.9 Å². The average molecular weight is 263 g/mol. The second kappa shape index (κ2) is 4.41. The van der Waals surface area contributed by atoms with E-state index in [2.05, 4.69) is 15.9 Å². The molecule has 0 radical (unpaired) electrons. The summed E-state index contributed by atoms with van der Waals surface area (Å²) < 4.78 is 25.4. The summed E-state index contributed by atoms with van der Waals surface area (Å²) in [4.78, 5) is 22.1. The Morgan fingerprint density at radius 1 is 1.29 bits per heavy atom. The highest BCUT2D eigenvalue weighted by Crippen LogP contribution is 2.10. The molecule has 0 spiro atoms. The molecule has 0 aliphatic rings. The molecule has 0 saturated heterocycles. The number of rotatable bonds is 3. The van der Waals surface area contributed by atoms with E-state index in [1.807, 2.05) is 0 Å². The monoisotopic (exact) mass is 262 g/mol. The molecule has 0 aliphatic carbocycles. The van der Waals surface area contributed by atoms with Crippen molar-refractivity contribution in [2.45, 2.75) is 0 Å². The SMILES string of the molecule is O=C(CBr)C(=O)c1ccc(F)cc1F. The van der Waals surface area contributed by atoms with Crippen LogP contribution in [0.4, 0.5) is 8.78 Å². The van der Waals surface area contributed by atoms with Gasteiger partial charge in [-0.3, -0.25) is 9.59 Å². The lowest BCUT2D eigenvalue weighted by molar-refractivity contribution is -0.112. The van der Waals surface area contributed by atoms with Crippen LogP contribution in [0, 0.1) is 11.6 Å². The fraction of sp³-hybridized carbons (Fsp3) is 0.111. The number of ketones is 2. The van der Waals surface area contributed by atoms with Gasteiger partial charge < -0.3 is 0 Å². The number of hydrogen-bond donors (Lipinski definition) is 0. The van der Waals surface area contributed by atoms with E-state index in [0.717, 1.165) is 12.1 Å². The van der Waals surface area contributed by atoms with Crippen molar-refractivity contribution in [2.75, 3.05) is 5.33 Å². The molecule has 1 aromatic rings. The normalized spacial score (nSPS) is 9.93. The van der Waals surface area contributed by atoms with Gasteiger partial charge in [-0.1, -0.05) is 15.9 Å². The van der Waals surface area contributed by atoms with Crippen molar-refractivity contribution in [1.29, 1.82) is 0 Å². The summed E-state index contributed by atoms with van der Waals surface area (Å²) in [7, 11) is 0. The van der Waals surface area contributed by atoms with E-state index in [9.17, 15) is 18.4 Å². The first-order chi connectivity index (χ1) is 6.56. The lowest BCUT2D eigenvalue weighted by Gasteiger charge is -1.99. The van der Waals surface area contributed by atoms with Gasteiger partial charge in [-0.15, -0.1) is 0 Å². The summed E-state index contributed by atoms with van der Waals surface area (Å²) in [5.74, 6) is -3.54. The van der Waals surface area contributed by atoms with Crippen molar-refractivity contribution in [1.82, 2.24) is 0 Å². The molecule has 0 heterocycles. The molecule has 2 nitrogen and oxygen atoms in total. The summed E-state index contributed by atoms with van der Waals surface area (Å²) >= 11 is 2.78. The Bertz CT molecular complexity index is 390. The van der Waals surface area contributed by atoms with Gasteiger partial charge in [0.25, 0.3) is 0 Å². The summed E-state index contributed by atoms with van der Waals surface area (Å²) in [6.07, 6.45) is 0. The fourth-order valence-corrected chi connectivity index (χ4v) is 1.14. The third kappa shape index (κ3) is 2.23. The van der Waals surface area contributed by atoms with Crippen LogP contribution in [-0.2, 0) is 4.79 Å². The maximum atomic E-state index is 13.0. The topological polar surface area (TPSA) is 34.1 Å². The number of halogens is 3. The van der Waals surface area contributed by atoms with Crippen LogP contribution in [0.3, 0.4) is 0 Å². The molecular formula is C9H5BrF2O2. The quantitative estimate of drug-likeness (QED) is 0.475. The zero-order chi connectivity index (χ0) is 10.7. The third-order valence-electron chi connectivity index (χ3n) is 1.55. The van der Waals surface area contributed by atoms with Crippen molar-refractivity contribution in [3.8, 4) is 0 Å². The van der Waals surface area contributed by atoms with Crippen LogP contribution in [0.25, 0.3) is 0 Å². The molecule has 1 aromatic carbocycles. The van der Waals surface area contributed by atoms with Crippen LogP contribution < -0.4 is 0 Å². The van der Waals surface area contributed by atoms with Crippen LogP contribution in [-0.4, -0.2) is 16.9 Å². The Kier molecular flexibility index (Phi) is 3.46. The minimum Gasteiger partial charge on any atom is -0.290 e. The van der Waals surface area contributed by atoms with E-state index >= 15 is 0 Å². The average Bonchev–Trinajstić information content (AvgIpc) is 2.15. The third-order valence-corrected chi connectivity index (χ3v) is 2.06. The van der Waals surface area contributed by atoms with Gasteiger partial charge in [0.15, 0.2) is 0 Å². The second-order valence-electron chi connectivity index (χ2n) is 2.51. The lowest BCUT2D eigenvalue weighted by atomic mass is 10.1. The van der Waals surface area contributed by atoms with Crippen LogP contribution in [0.5, 0.6) is 0 Å². The summed E-state index contributed by atoms with van der Waals surface area (Å²) in [5.41, 5.74) is -0.407.